The third-order valence-electron chi connectivity index (χ3n) is 4.46. The second-order valence-electron chi connectivity index (χ2n) is 6.44. The number of hydrogen-bond acceptors (Lipinski definition) is 4. The van der Waals surface area contributed by atoms with E-state index >= 15 is 0 Å². The summed E-state index contributed by atoms with van der Waals surface area (Å²) in [5, 5.41) is 0. The van der Waals surface area contributed by atoms with Gasteiger partial charge in [-0.15, -0.1) is 0 Å². The van der Waals surface area contributed by atoms with Crippen molar-refractivity contribution in [3.05, 3.63) is 102 Å². The lowest BCUT2D eigenvalue weighted by atomic mass is 10.1. The minimum atomic E-state index is -0.804. The van der Waals surface area contributed by atoms with Crippen LogP contribution in [0.2, 0.25) is 0 Å². The van der Waals surface area contributed by atoms with Gasteiger partial charge in [0.25, 0.3) is 11.8 Å². The highest BCUT2D eigenvalue weighted by Crippen LogP contribution is 2.29. The molecule has 0 bridgehead atoms. The Kier molecular flexibility index (Phi) is 5.53. The van der Waals surface area contributed by atoms with Gasteiger partial charge in [0.15, 0.2) is 5.76 Å². The number of halogens is 2. The summed E-state index contributed by atoms with van der Waals surface area (Å²) in [6, 6.07) is 17.9. The molecule has 0 atom stereocenters. The summed E-state index contributed by atoms with van der Waals surface area (Å²) >= 11 is 0. The van der Waals surface area contributed by atoms with E-state index in [1.807, 2.05) is 0 Å². The largest absolute Gasteiger partial charge is 0.436 e. The molecule has 0 aliphatic carbocycles. The molecule has 0 aliphatic rings. The Balaban J connectivity index is 1.55. The third-order valence-corrected chi connectivity index (χ3v) is 4.46. The zero-order valence-corrected chi connectivity index (χ0v) is 15.9. The van der Waals surface area contributed by atoms with Crippen molar-refractivity contribution < 1.29 is 22.8 Å². The molecular formula is C23H15F2N3O3. The first-order chi connectivity index (χ1) is 15.0. The molecular weight excluding hydrogens is 404 g/mol. The summed E-state index contributed by atoms with van der Waals surface area (Å²) in [4.78, 5) is 28.9. The smallest absolute Gasteiger partial charge is 0.272 e. The number of hydrogen-bond donors (Lipinski definition) is 2. The van der Waals surface area contributed by atoms with Crippen LogP contribution in [0, 0.1) is 11.6 Å². The monoisotopic (exact) mass is 419 g/mol. The number of aromatic nitrogens is 1. The number of carbonyl (C=O) groups is 2. The Morgan fingerprint density at radius 1 is 0.710 bits per heavy atom. The molecule has 0 saturated heterocycles. The number of oxazole rings is 1. The van der Waals surface area contributed by atoms with Crippen molar-refractivity contribution in [2.24, 2.45) is 0 Å². The van der Waals surface area contributed by atoms with Gasteiger partial charge in [0.05, 0.1) is 22.9 Å². The van der Waals surface area contributed by atoms with Gasteiger partial charge in [0.1, 0.15) is 11.6 Å². The van der Waals surface area contributed by atoms with Crippen molar-refractivity contribution in [2.75, 3.05) is 0 Å². The zero-order valence-electron chi connectivity index (χ0n) is 15.9. The van der Waals surface area contributed by atoms with Crippen molar-refractivity contribution in [3.8, 4) is 22.8 Å². The van der Waals surface area contributed by atoms with Gasteiger partial charge < -0.3 is 4.42 Å². The fourth-order valence-electron chi connectivity index (χ4n) is 2.95. The molecule has 1 aromatic heterocycles. The SMILES string of the molecule is O=C(NNC(=O)c1ccccc1-c1ncc(-c2ccccc2F)o1)c1ccccc1F. The molecule has 6 nitrogen and oxygen atoms in total. The first-order valence-electron chi connectivity index (χ1n) is 9.20. The van der Waals surface area contributed by atoms with Gasteiger partial charge in [-0.2, -0.15) is 0 Å². The summed E-state index contributed by atoms with van der Waals surface area (Å²) < 4.78 is 33.4. The average molecular weight is 419 g/mol. The number of carbonyl (C=O) groups excluding carboxylic acids is 2. The summed E-state index contributed by atoms with van der Waals surface area (Å²) in [5.74, 6) is -2.34. The van der Waals surface area contributed by atoms with Crippen molar-refractivity contribution in [2.45, 2.75) is 0 Å². The van der Waals surface area contributed by atoms with E-state index in [1.165, 1.54) is 36.5 Å². The second-order valence-corrected chi connectivity index (χ2v) is 6.44. The number of nitrogens with one attached hydrogen (secondary N) is 2. The molecule has 4 rings (SSSR count). The maximum Gasteiger partial charge on any atom is 0.272 e. The van der Waals surface area contributed by atoms with Crippen molar-refractivity contribution in [1.29, 1.82) is 0 Å². The van der Waals surface area contributed by atoms with E-state index in [-0.39, 0.29) is 28.3 Å². The highest BCUT2D eigenvalue weighted by Gasteiger charge is 2.19. The number of benzene rings is 3. The lowest BCUT2D eigenvalue weighted by Crippen LogP contribution is -2.42. The van der Waals surface area contributed by atoms with Crippen LogP contribution in [0.1, 0.15) is 20.7 Å². The number of nitrogens with zero attached hydrogens (tertiary/aromatic N) is 1. The van der Waals surface area contributed by atoms with Crippen LogP contribution in [0.4, 0.5) is 8.78 Å². The van der Waals surface area contributed by atoms with E-state index in [4.69, 9.17) is 4.42 Å². The van der Waals surface area contributed by atoms with E-state index < -0.39 is 23.4 Å². The Morgan fingerprint density at radius 2 is 1.26 bits per heavy atom. The first-order valence-corrected chi connectivity index (χ1v) is 9.20. The van der Waals surface area contributed by atoms with Gasteiger partial charge in [-0.25, -0.2) is 13.8 Å². The summed E-state index contributed by atoms with van der Waals surface area (Å²) in [6.45, 7) is 0. The van der Waals surface area contributed by atoms with Crippen molar-refractivity contribution in [1.82, 2.24) is 15.8 Å². The molecule has 0 spiro atoms. The fraction of sp³-hybridized carbons (Fsp3) is 0. The molecule has 31 heavy (non-hydrogen) atoms. The Hall–Kier alpha value is -4.33. The standard InChI is InChI=1S/C23H15F2N3O3/c24-18-11-5-3-9-16(18)20-13-26-23(31-20)15-8-2-1-7-14(15)21(29)27-28-22(30)17-10-4-6-12-19(17)25/h1-13H,(H,27,29)(H,28,30). The third kappa shape index (κ3) is 4.18. The number of rotatable bonds is 4. The predicted octanol–water partition coefficient (Wildman–Crippen LogP) is 4.36. The van der Waals surface area contributed by atoms with E-state index in [0.29, 0.717) is 5.56 Å². The number of hydrazine groups is 1. The molecule has 2 N–H and O–H groups in total. The molecule has 0 fully saturated rings. The van der Waals surface area contributed by atoms with E-state index in [9.17, 15) is 18.4 Å². The Bertz CT molecular complexity index is 1270. The minimum Gasteiger partial charge on any atom is -0.436 e. The molecule has 1 heterocycles. The van der Waals surface area contributed by atoms with Crippen molar-refractivity contribution >= 4 is 11.8 Å². The molecule has 4 aromatic rings. The summed E-state index contributed by atoms with van der Waals surface area (Å²) in [7, 11) is 0. The molecule has 154 valence electrons. The number of amides is 2. The lowest BCUT2D eigenvalue weighted by molar-refractivity contribution is 0.0844. The molecule has 0 aliphatic heterocycles. The van der Waals surface area contributed by atoms with Crippen LogP contribution in [0.15, 0.2) is 83.4 Å². The van der Waals surface area contributed by atoms with Crippen LogP contribution in [-0.4, -0.2) is 16.8 Å². The van der Waals surface area contributed by atoms with Crippen LogP contribution < -0.4 is 10.9 Å². The normalized spacial score (nSPS) is 10.5. The van der Waals surface area contributed by atoms with E-state index in [1.54, 1.807) is 36.4 Å². The second kappa shape index (κ2) is 8.58. The van der Waals surface area contributed by atoms with E-state index in [0.717, 1.165) is 6.07 Å². The predicted molar refractivity (Wildman–Crippen MR) is 109 cm³/mol. The van der Waals surface area contributed by atoms with Crippen LogP contribution in [0.5, 0.6) is 0 Å². The zero-order chi connectivity index (χ0) is 21.8. The lowest BCUT2D eigenvalue weighted by Gasteiger charge is -2.10. The summed E-state index contributed by atoms with van der Waals surface area (Å²) in [5.41, 5.74) is 4.94. The Morgan fingerprint density at radius 3 is 1.94 bits per heavy atom. The molecule has 0 saturated carbocycles. The van der Waals surface area contributed by atoms with Crippen LogP contribution in [-0.2, 0) is 0 Å². The van der Waals surface area contributed by atoms with E-state index in [2.05, 4.69) is 15.8 Å². The van der Waals surface area contributed by atoms with Gasteiger partial charge in [0.2, 0.25) is 5.89 Å². The highest BCUT2D eigenvalue weighted by atomic mass is 19.1. The van der Waals surface area contributed by atoms with Gasteiger partial charge >= 0.3 is 0 Å². The molecule has 8 heteroatoms. The maximum atomic E-state index is 14.0. The fourth-order valence-corrected chi connectivity index (χ4v) is 2.95. The first kappa shape index (κ1) is 20.0. The minimum absolute atomic E-state index is 0.101. The summed E-state index contributed by atoms with van der Waals surface area (Å²) in [6.07, 6.45) is 1.36. The maximum absolute atomic E-state index is 14.0. The molecule has 3 aromatic carbocycles. The molecule has 0 radical (unpaired) electrons. The van der Waals surface area contributed by atoms with Crippen LogP contribution >= 0.6 is 0 Å². The topological polar surface area (TPSA) is 84.2 Å². The highest BCUT2D eigenvalue weighted by molar-refractivity contribution is 6.02. The van der Waals surface area contributed by atoms with Crippen molar-refractivity contribution in [3.63, 3.8) is 0 Å². The van der Waals surface area contributed by atoms with Gasteiger partial charge in [-0.3, -0.25) is 20.4 Å². The Labute approximate surface area is 175 Å². The van der Waals surface area contributed by atoms with Gasteiger partial charge in [-0.1, -0.05) is 36.4 Å². The van der Waals surface area contributed by atoms with Gasteiger partial charge in [-0.05, 0) is 36.4 Å². The van der Waals surface area contributed by atoms with Gasteiger partial charge in [0, 0.05) is 5.56 Å². The molecule has 0 unspecified atom stereocenters. The van der Waals surface area contributed by atoms with Crippen LogP contribution in [0.25, 0.3) is 22.8 Å². The molecule has 2 amide bonds. The average Bonchev–Trinajstić information content (AvgIpc) is 3.28. The van der Waals surface area contributed by atoms with Crippen LogP contribution in [0.3, 0.4) is 0 Å². The quantitative estimate of drug-likeness (QED) is 0.482.